The van der Waals surface area contributed by atoms with Crippen LogP contribution in [0.25, 0.3) is 0 Å². The monoisotopic (exact) mass is 299 g/mol. The van der Waals surface area contributed by atoms with Gasteiger partial charge in [0.1, 0.15) is 0 Å². The van der Waals surface area contributed by atoms with Gasteiger partial charge in [0.05, 0.1) is 5.69 Å². The molecule has 1 N–H and O–H groups in total. The Morgan fingerprint density at radius 1 is 1.32 bits per heavy atom. The molecule has 5 heteroatoms. The SMILES string of the molecule is CC1CN(c2nc(CNC(C)(C)C)cs2)CC(C)S1. The van der Waals surface area contributed by atoms with Gasteiger partial charge in [-0.25, -0.2) is 4.98 Å². The maximum Gasteiger partial charge on any atom is 0.185 e. The van der Waals surface area contributed by atoms with E-state index in [0.29, 0.717) is 10.5 Å². The third kappa shape index (κ3) is 4.65. The standard InChI is InChI=1S/C14H25N3S2/c1-10-7-17(8-11(2)19-10)13-16-12(9-18-13)6-15-14(3,4)5/h9-11,15H,6-8H2,1-5H3. The molecule has 2 atom stereocenters. The van der Waals surface area contributed by atoms with Gasteiger partial charge in [0.2, 0.25) is 0 Å². The lowest BCUT2D eigenvalue weighted by Crippen LogP contribution is -2.40. The predicted octanol–water partition coefficient (Wildman–Crippen LogP) is 3.36. The van der Waals surface area contributed by atoms with E-state index in [1.54, 1.807) is 11.3 Å². The molecule has 0 radical (unpaired) electrons. The quantitative estimate of drug-likeness (QED) is 0.926. The van der Waals surface area contributed by atoms with Crippen molar-refractivity contribution in [1.29, 1.82) is 0 Å². The summed E-state index contributed by atoms with van der Waals surface area (Å²) in [6.07, 6.45) is 0. The second-order valence-electron chi connectivity index (χ2n) is 6.39. The Hall–Kier alpha value is -0.260. The highest BCUT2D eigenvalue weighted by Crippen LogP contribution is 2.30. The van der Waals surface area contributed by atoms with Crippen LogP contribution in [0.1, 0.15) is 40.3 Å². The number of thiazole rings is 1. The normalized spacial score (nSPS) is 24.8. The molecule has 0 saturated carbocycles. The van der Waals surface area contributed by atoms with Crippen molar-refractivity contribution in [2.24, 2.45) is 0 Å². The molecule has 2 rings (SSSR count). The summed E-state index contributed by atoms with van der Waals surface area (Å²) in [7, 11) is 0. The van der Waals surface area contributed by atoms with Crippen LogP contribution in [0.4, 0.5) is 5.13 Å². The van der Waals surface area contributed by atoms with E-state index in [4.69, 9.17) is 4.98 Å². The number of hydrogen-bond donors (Lipinski definition) is 1. The molecule has 0 aromatic carbocycles. The minimum Gasteiger partial charge on any atom is -0.346 e. The first kappa shape index (κ1) is 15.1. The lowest BCUT2D eigenvalue weighted by Gasteiger charge is -2.34. The summed E-state index contributed by atoms with van der Waals surface area (Å²) in [4.78, 5) is 7.22. The molecule has 0 bridgehead atoms. The van der Waals surface area contributed by atoms with Crippen molar-refractivity contribution in [3.05, 3.63) is 11.1 Å². The molecule has 19 heavy (non-hydrogen) atoms. The van der Waals surface area contributed by atoms with Gasteiger partial charge in [-0.1, -0.05) is 13.8 Å². The van der Waals surface area contributed by atoms with Gasteiger partial charge in [0.25, 0.3) is 0 Å². The smallest absolute Gasteiger partial charge is 0.185 e. The number of anilines is 1. The molecule has 1 saturated heterocycles. The van der Waals surface area contributed by atoms with Crippen LogP contribution in [0, 0.1) is 0 Å². The molecule has 0 spiro atoms. The third-order valence-electron chi connectivity index (χ3n) is 3.03. The van der Waals surface area contributed by atoms with E-state index in [1.807, 2.05) is 0 Å². The lowest BCUT2D eigenvalue weighted by atomic mass is 10.1. The maximum atomic E-state index is 4.78. The second-order valence-corrected chi connectivity index (χ2v) is 9.11. The van der Waals surface area contributed by atoms with Gasteiger partial charge in [-0.15, -0.1) is 11.3 Å². The van der Waals surface area contributed by atoms with Crippen LogP contribution in [-0.4, -0.2) is 34.1 Å². The summed E-state index contributed by atoms with van der Waals surface area (Å²) < 4.78 is 0. The van der Waals surface area contributed by atoms with Crippen molar-refractivity contribution in [2.45, 2.75) is 57.2 Å². The predicted molar refractivity (Wildman–Crippen MR) is 87.4 cm³/mol. The van der Waals surface area contributed by atoms with Gasteiger partial charge >= 0.3 is 0 Å². The average Bonchev–Trinajstić information content (AvgIpc) is 2.72. The fourth-order valence-electron chi connectivity index (χ4n) is 2.21. The number of aromatic nitrogens is 1. The van der Waals surface area contributed by atoms with E-state index >= 15 is 0 Å². The first-order valence-corrected chi connectivity index (χ1v) is 8.75. The molecule has 2 unspecified atom stereocenters. The first-order valence-electron chi connectivity index (χ1n) is 6.93. The first-order chi connectivity index (χ1) is 8.83. The Kier molecular flexibility index (Phi) is 4.79. The fourth-order valence-corrected chi connectivity index (χ4v) is 4.38. The number of thioether (sulfide) groups is 1. The summed E-state index contributed by atoms with van der Waals surface area (Å²) in [5, 5.41) is 8.26. The summed E-state index contributed by atoms with van der Waals surface area (Å²) >= 11 is 3.86. The summed E-state index contributed by atoms with van der Waals surface area (Å²) in [6, 6.07) is 0. The number of rotatable bonds is 3. The Morgan fingerprint density at radius 2 is 1.95 bits per heavy atom. The molecular weight excluding hydrogens is 274 g/mol. The molecule has 1 aliphatic heterocycles. The minimum absolute atomic E-state index is 0.147. The van der Waals surface area contributed by atoms with Crippen LogP contribution >= 0.6 is 23.1 Å². The third-order valence-corrected chi connectivity index (χ3v) is 5.21. The van der Waals surface area contributed by atoms with Gasteiger partial charge in [0.15, 0.2) is 5.13 Å². The van der Waals surface area contributed by atoms with Gasteiger partial charge in [-0.3, -0.25) is 0 Å². The zero-order chi connectivity index (χ0) is 14.0. The molecule has 1 aliphatic rings. The molecule has 1 aromatic rings. The summed E-state index contributed by atoms with van der Waals surface area (Å²) in [5.74, 6) is 0. The van der Waals surface area contributed by atoms with Crippen molar-refractivity contribution in [2.75, 3.05) is 18.0 Å². The van der Waals surface area contributed by atoms with Crippen LogP contribution in [0.5, 0.6) is 0 Å². The Labute approximate surface area is 125 Å². The molecule has 2 heterocycles. The van der Waals surface area contributed by atoms with Crippen LogP contribution in [0.15, 0.2) is 5.38 Å². The summed E-state index contributed by atoms with van der Waals surface area (Å²) in [5.41, 5.74) is 1.31. The summed E-state index contributed by atoms with van der Waals surface area (Å²) in [6.45, 7) is 14.3. The van der Waals surface area contributed by atoms with E-state index in [-0.39, 0.29) is 5.54 Å². The average molecular weight is 300 g/mol. The van der Waals surface area contributed by atoms with Crippen molar-refractivity contribution < 1.29 is 0 Å². The lowest BCUT2D eigenvalue weighted by molar-refractivity contribution is 0.422. The largest absolute Gasteiger partial charge is 0.346 e. The van der Waals surface area contributed by atoms with Crippen molar-refractivity contribution >= 4 is 28.2 Å². The number of nitrogens with one attached hydrogen (secondary N) is 1. The van der Waals surface area contributed by atoms with Crippen molar-refractivity contribution in [3.63, 3.8) is 0 Å². The van der Waals surface area contributed by atoms with E-state index in [2.05, 4.69) is 62.0 Å². The fraction of sp³-hybridized carbons (Fsp3) is 0.786. The molecule has 1 fully saturated rings. The van der Waals surface area contributed by atoms with Gasteiger partial charge in [-0.2, -0.15) is 11.8 Å². The van der Waals surface area contributed by atoms with Crippen LogP contribution in [0.3, 0.4) is 0 Å². The highest BCUT2D eigenvalue weighted by molar-refractivity contribution is 8.00. The highest BCUT2D eigenvalue weighted by atomic mass is 32.2. The van der Waals surface area contributed by atoms with Gasteiger partial charge in [-0.05, 0) is 20.8 Å². The van der Waals surface area contributed by atoms with Crippen LogP contribution < -0.4 is 10.2 Å². The molecular formula is C14H25N3S2. The number of hydrogen-bond acceptors (Lipinski definition) is 5. The highest BCUT2D eigenvalue weighted by Gasteiger charge is 2.24. The van der Waals surface area contributed by atoms with Crippen LogP contribution in [-0.2, 0) is 6.54 Å². The van der Waals surface area contributed by atoms with E-state index in [1.165, 1.54) is 5.13 Å². The maximum absolute atomic E-state index is 4.78. The van der Waals surface area contributed by atoms with Crippen molar-refractivity contribution in [1.82, 2.24) is 10.3 Å². The van der Waals surface area contributed by atoms with E-state index < -0.39 is 0 Å². The molecule has 3 nitrogen and oxygen atoms in total. The zero-order valence-corrected chi connectivity index (χ0v) is 14.2. The molecule has 1 aromatic heterocycles. The Bertz CT molecular complexity index is 401. The van der Waals surface area contributed by atoms with Gasteiger partial charge < -0.3 is 10.2 Å². The Balaban J connectivity index is 1.96. The molecule has 0 amide bonds. The minimum atomic E-state index is 0.147. The van der Waals surface area contributed by atoms with Gasteiger partial charge in [0, 0.05) is 41.1 Å². The Morgan fingerprint density at radius 3 is 2.53 bits per heavy atom. The topological polar surface area (TPSA) is 28.2 Å². The molecule has 108 valence electrons. The number of nitrogens with zero attached hydrogens (tertiary/aromatic N) is 2. The van der Waals surface area contributed by atoms with Crippen molar-refractivity contribution in [3.8, 4) is 0 Å². The van der Waals surface area contributed by atoms with Crippen LogP contribution in [0.2, 0.25) is 0 Å². The zero-order valence-electron chi connectivity index (χ0n) is 12.6. The van der Waals surface area contributed by atoms with E-state index in [0.717, 1.165) is 25.3 Å². The second kappa shape index (κ2) is 6.02. The molecule has 0 aliphatic carbocycles. The van der Waals surface area contributed by atoms with E-state index in [9.17, 15) is 0 Å².